The van der Waals surface area contributed by atoms with Crippen LogP contribution in [0.2, 0.25) is 0 Å². The fourth-order valence-electron chi connectivity index (χ4n) is 3.61. The zero-order valence-electron chi connectivity index (χ0n) is 15.4. The fraction of sp³-hybridized carbons (Fsp3) is 0.944. The van der Waals surface area contributed by atoms with Gasteiger partial charge in [0.25, 0.3) is 0 Å². The van der Waals surface area contributed by atoms with Crippen molar-refractivity contribution < 1.29 is 9.53 Å². The largest absolute Gasteiger partial charge is 0.444 e. The van der Waals surface area contributed by atoms with Gasteiger partial charge in [0.2, 0.25) is 0 Å². The van der Waals surface area contributed by atoms with E-state index in [4.69, 9.17) is 4.74 Å². The molecule has 134 valence electrons. The molecule has 5 nitrogen and oxygen atoms in total. The third-order valence-corrected chi connectivity index (χ3v) is 5.00. The van der Waals surface area contributed by atoms with Gasteiger partial charge in [-0.1, -0.05) is 6.92 Å². The number of likely N-dealkylation sites (tertiary alicyclic amines) is 1. The molecule has 5 heteroatoms. The highest BCUT2D eigenvalue weighted by Crippen LogP contribution is 2.22. The van der Waals surface area contributed by atoms with Crippen molar-refractivity contribution in [2.45, 2.75) is 77.5 Å². The number of hydrogen-bond acceptors (Lipinski definition) is 4. The molecule has 1 heterocycles. The summed E-state index contributed by atoms with van der Waals surface area (Å²) in [6, 6.07) is 0.795. The van der Waals surface area contributed by atoms with Gasteiger partial charge in [0.15, 0.2) is 0 Å². The SMILES string of the molecule is CCN1CCC(CNC2CCC(NC(=O)OC(C)(C)C)C2)CC1. The molecular weight excluding hydrogens is 290 g/mol. The summed E-state index contributed by atoms with van der Waals surface area (Å²) in [4.78, 5) is 14.4. The zero-order valence-corrected chi connectivity index (χ0v) is 15.4. The standard InChI is InChI=1S/C18H35N3O2/c1-5-21-10-8-14(9-11-21)13-19-15-6-7-16(12-15)20-17(22)23-18(2,3)4/h14-16,19H,5-13H2,1-4H3,(H,20,22). The van der Waals surface area contributed by atoms with Gasteiger partial charge in [-0.15, -0.1) is 0 Å². The number of hydrogen-bond donors (Lipinski definition) is 2. The van der Waals surface area contributed by atoms with Gasteiger partial charge < -0.3 is 20.3 Å². The van der Waals surface area contributed by atoms with Crippen LogP contribution < -0.4 is 10.6 Å². The van der Waals surface area contributed by atoms with Gasteiger partial charge in [-0.3, -0.25) is 0 Å². The van der Waals surface area contributed by atoms with Crippen molar-refractivity contribution >= 4 is 6.09 Å². The Kier molecular flexibility index (Phi) is 6.72. The number of alkyl carbamates (subject to hydrolysis) is 1. The Morgan fingerprint density at radius 2 is 1.78 bits per heavy atom. The van der Waals surface area contributed by atoms with Crippen LogP contribution in [-0.2, 0) is 4.74 Å². The Balaban J connectivity index is 1.61. The number of ether oxygens (including phenoxy) is 1. The number of carbonyl (C=O) groups is 1. The number of rotatable bonds is 5. The molecule has 1 aliphatic heterocycles. The maximum Gasteiger partial charge on any atom is 0.407 e. The average molecular weight is 325 g/mol. The monoisotopic (exact) mass is 325 g/mol. The van der Waals surface area contributed by atoms with Crippen molar-refractivity contribution in [3.05, 3.63) is 0 Å². The Labute approximate surface area is 141 Å². The number of nitrogens with one attached hydrogen (secondary N) is 2. The van der Waals surface area contributed by atoms with E-state index in [0.717, 1.165) is 31.7 Å². The average Bonchev–Trinajstić information content (AvgIpc) is 2.91. The smallest absolute Gasteiger partial charge is 0.407 e. The highest BCUT2D eigenvalue weighted by Gasteiger charge is 2.28. The predicted octanol–water partition coefficient (Wildman–Crippen LogP) is 2.75. The number of carbonyl (C=O) groups excluding carboxylic acids is 1. The van der Waals surface area contributed by atoms with Crippen LogP contribution in [-0.4, -0.2) is 54.9 Å². The first-order valence-electron chi connectivity index (χ1n) is 9.31. The Morgan fingerprint density at radius 1 is 1.13 bits per heavy atom. The lowest BCUT2D eigenvalue weighted by molar-refractivity contribution is 0.0505. The normalized spacial score (nSPS) is 27.1. The summed E-state index contributed by atoms with van der Waals surface area (Å²) in [6.07, 6.45) is 5.56. The van der Waals surface area contributed by atoms with Crippen LogP contribution in [0.5, 0.6) is 0 Å². The van der Waals surface area contributed by atoms with E-state index in [1.165, 1.54) is 32.5 Å². The van der Waals surface area contributed by atoms with E-state index in [1.807, 2.05) is 20.8 Å². The van der Waals surface area contributed by atoms with Crippen LogP contribution in [0.4, 0.5) is 4.79 Å². The van der Waals surface area contributed by atoms with Gasteiger partial charge in [-0.25, -0.2) is 4.79 Å². The van der Waals surface area contributed by atoms with Gasteiger partial charge in [0.1, 0.15) is 5.60 Å². The van der Waals surface area contributed by atoms with Crippen LogP contribution in [0.3, 0.4) is 0 Å². The third-order valence-electron chi connectivity index (χ3n) is 5.00. The molecule has 1 amide bonds. The molecule has 0 aromatic heterocycles. The predicted molar refractivity (Wildman–Crippen MR) is 93.6 cm³/mol. The summed E-state index contributed by atoms with van der Waals surface area (Å²) < 4.78 is 5.34. The molecule has 2 rings (SSSR count). The lowest BCUT2D eigenvalue weighted by atomic mass is 9.96. The molecule has 1 saturated heterocycles. The molecule has 2 unspecified atom stereocenters. The number of amides is 1. The van der Waals surface area contributed by atoms with Crippen LogP contribution in [0.15, 0.2) is 0 Å². The summed E-state index contributed by atoms with van der Waals surface area (Å²) in [6.45, 7) is 12.7. The minimum Gasteiger partial charge on any atom is -0.444 e. The molecule has 2 N–H and O–H groups in total. The number of piperidine rings is 1. The molecule has 0 aromatic carbocycles. The van der Waals surface area contributed by atoms with Crippen LogP contribution in [0.25, 0.3) is 0 Å². The summed E-state index contributed by atoms with van der Waals surface area (Å²) in [5.74, 6) is 0.815. The first kappa shape index (κ1) is 18.5. The Bertz CT molecular complexity index is 373. The summed E-state index contributed by atoms with van der Waals surface area (Å²) in [7, 11) is 0. The molecule has 0 radical (unpaired) electrons. The molecule has 0 spiro atoms. The minimum absolute atomic E-state index is 0.254. The summed E-state index contributed by atoms with van der Waals surface area (Å²) >= 11 is 0. The first-order valence-corrected chi connectivity index (χ1v) is 9.31. The van der Waals surface area contributed by atoms with Crippen molar-refractivity contribution in [3.8, 4) is 0 Å². The van der Waals surface area contributed by atoms with E-state index >= 15 is 0 Å². The van der Waals surface area contributed by atoms with E-state index < -0.39 is 5.60 Å². The van der Waals surface area contributed by atoms with E-state index in [9.17, 15) is 4.79 Å². The van der Waals surface area contributed by atoms with Crippen molar-refractivity contribution in [1.29, 1.82) is 0 Å². The van der Waals surface area contributed by atoms with Crippen LogP contribution >= 0.6 is 0 Å². The van der Waals surface area contributed by atoms with Gasteiger partial charge in [0, 0.05) is 12.1 Å². The second-order valence-electron chi connectivity index (χ2n) is 8.14. The molecule has 2 fully saturated rings. The molecule has 2 aliphatic rings. The highest BCUT2D eigenvalue weighted by molar-refractivity contribution is 5.68. The van der Waals surface area contributed by atoms with E-state index in [2.05, 4.69) is 22.5 Å². The Hall–Kier alpha value is -0.810. The number of nitrogens with zero attached hydrogens (tertiary/aromatic N) is 1. The lowest BCUT2D eigenvalue weighted by Crippen LogP contribution is -2.41. The molecule has 2 atom stereocenters. The van der Waals surface area contributed by atoms with Gasteiger partial charge in [-0.2, -0.15) is 0 Å². The maximum absolute atomic E-state index is 11.8. The van der Waals surface area contributed by atoms with Gasteiger partial charge in [0.05, 0.1) is 0 Å². The Morgan fingerprint density at radius 3 is 2.39 bits per heavy atom. The first-order chi connectivity index (χ1) is 10.9. The van der Waals surface area contributed by atoms with Crippen LogP contribution in [0, 0.1) is 5.92 Å². The van der Waals surface area contributed by atoms with E-state index in [1.54, 1.807) is 0 Å². The van der Waals surface area contributed by atoms with Crippen molar-refractivity contribution in [1.82, 2.24) is 15.5 Å². The molecule has 1 aliphatic carbocycles. The van der Waals surface area contributed by atoms with Crippen LogP contribution in [0.1, 0.15) is 59.8 Å². The van der Waals surface area contributed by atoms with E-state index in [0.29, 0.717) is 6.04 Å². The van der Waals surface area contributed by atoms with Crippen molar-refractivity contribution in [2.24, 2.45) is 5.92 Å². The fourth-order valence-corrected chi connectivity index (χ4v) is 3.61. The quantitative estimate of drug-likeness (QED) is 0.816. The van der Waals surface area contributed by atoms with Crippen molar-refractivity contribution in [2.75, 3.05) is 26.2 Å². The maximum atomic E-state index is 11.8. The zero-order chi connectivity index (χ0) is 16.9. The molecule has 0 aromatic rings. The van der Waals surface area contributed by atoms with Gasteiger partial charge in [-0.05, 0) is 85.0 Å². The second kappa shape index (κ2) is 8.34. The third kappa shape index (κ3) is 6.68. The molecule has 1 saturated carbocycles. The summed E-state index contributed by atoms with van der Waals surface area (Å²) in [5.41, 5.74) is -0.423. The summed E-state index contributed by atoms with van der Waals surface area (Å²) in [5, 5.41) is 6.73. The molecule has 23 heavy (non-hydrogen) atoms. The molecular formula is C18H35N3O2. The van der Waals surface area contributed by atoms with E-state index in [-0.39, 0.29) is 12.1 Å². The van der Waals surface area contributed by atoms with Crippen molar-refractivity contribution in [3.63, 3.8) is 0 Å². The minimum atomic E-state index is -0.423. The lowest BCUT2D eigenvalue weighted by Gasteiger charge is -2.31. The second-order valence-corrected chi connectivity index (χ2v) is 8.14. The topological polar surface area (TPSA) is 53.6 Å². The molecule has 0 bridgehead atoms. The highest BCUT2D eigenvalue weighted by atomic mass is 16.6. The van der Waals surface area contributed by atoms with Gasteiger partial charge >= 0.3 is 6.09 Å².